The third kappa shape index (κ3) is 4.83. The van der Waals surface area contributed by atoms with Crippen LogP contribution in [0.4, 0.5) is 17.1 Å². The summed E-state index contributed by atoms with van der Waals surface area (Å²) >= 11 is 0. The van der Waals surface area contributed by atoms with E-state index in [4.69, 9.17) is 14.2 Å². The van der Waals surface area contributed by atoms with E-state index in [1.165, 1.54) is 59.9 Å². The SMILES string of the molecule is c1ccc(Oc2cc3c4c(c2)-n2c5ccccc5c5cccc(c52)B4c2cc4c(cc2O3)N(c2ccccc2)c2cc(Oc3ccccc3)cc3c2B4c2cccc4c5ccccc5n-3c24)cc1. The van der Waals surface area contributed by atoms with Crippen LogP contribution in [0.25, 0.3) is 55.0 Å². The van der Waals surface area contributed by atoms with Crippen LogP contribution in [0.3, 0.4) is 0 Å². The van der Waals surface area contributed by atoms with Gasteiger partial charge in [-0.2, -0.15) is 0 Å². The topological polar surface area (TPSA) is 40.8 Å². The van der Waals surface area contributed by atoms with E-state index in [2.05, 4.69) is 166 Å². The van der Waals surface area contributed by atoms with Crippen molar-refractivity contribution in [1.82, 2.24) is 9.13 Å². The molecule has 8 heteroatoms. The number of hydrogen-bond acceptors (Lipinski definition) is 4. The second-order valence-electron chi connectivity index (χ2n) is 18.3. The lowest BCUT2D eigenvalue weighted by Gasteiger charge is -2.42. The van der Waals surface area contributed by atoms with Crippen LogP contribution >= 0.6 is 0 Å². The van der Waals surface area contributed by atoms with E-state index >= 15 is 0 Å². The van der Waals surface area contributed by atoms with E-state index in [1.54, 1.807) is 0 Å². The molecule has 6 nitrogen and oxygen atoms in total. The highest BCUT2D eigenvalue weighted by Crippen LogP contribution is 2.46. The van der Waals surface area contributed by atoms with Gasteiger partial charge in [0, 0.05) is 91.3 Å². The maximum absolute atomic E-state index is 7.35. The molecule has 68 heavy (non-hydrogen) atoms. The van der Waals surface area contributed by atoms with Crippen LogP contribution in [-0.2, 0) is 0 Å². The molecule has 0 radical (unpaired) electrons. The van der Waals surface area contributed by atoms with Gasteiger partial charge in [-0.15, -0.1) is 0 Å². The van der Waals surface area contributed by atoms with E-state index < -0.39 is 0 Å². The number of nitrogens with zero attached hydrogens (tertiary/aromatic N) is 3. The Bertz CT molecular complexity index is 4150. The first-order valence-electron chi connectivity index (χ1n) is 23.3. The second kappa shape index (κ2) is 13.4. The minimum atomic E-state index is -0.112. The lowest BCUT2D eigenvalue weighted by molar-refractivity contribution is 0.462. The van der Waals surface area contributed by atoms with Crippen molar-refractivity contribution in [2.24, 2.45) is 0 Å². The van der Waals surface area contributed by atoms with Crippen molar-refractivity contribution in [1.29, 1.82) is 0 Å². The summed E-state index contributed by atoms with van der Waals surface area (Å²) in [6.07, 6.45) is 0. The monoisotopic (exact) mass is 867 g/mol. The largest absolute Gasteiger partial charge is 0.458 e. The molecule has 0 saturated carbocycles. The van der Waals surface area contributed by atoms with Gasteiger partial charge in [-0.1, -0.05) is 133 Å². The summed E-state index contributed by atoms with van der Waals surface area (Å²) < 4.78 is 25.8. The maximum Gasteiger partial charge on any atom is 0.256 e. The summed E-state index contributed by atoms with van der Waals surface area (Å²) in [6, 6.07) is 75.7. The van der Waals surface area contributed by atoms with E-state index in [0.717, 1.165) is 79.4 Å². The van der Waals surface area contributed by atoms with Gasteiger partial charge in [-0.05, 0) is 81.3 Å². The first kappa shape index (κ1) is 36.4. The van der Waals surface area contributed by atoms with E-state index in [9.17, 15) is 0 Å². The van der Waals surface area contributed by atoms with Gasteiger partial charge in [-0.3, -0.25) is 0 Å². The molecule has 10 aromatic carbocycles. The van der Waals surface area contributed by atoms with Gasteiger partial charge in [0.15, 0.2) is 0 Å². The number of rotatable bonds is 5. The Morgan fingerprint density at radius 3 is 1.46 bits per heavy atom. The molecule has 4 aliphatic rings. The lowest BCUT2D eigenvalue weighted by atomic mass is 9.31. The molecule has 4 aliphatic heterocycles. The van der Waals surface area contributed by atoms with Crippen molar-refractivity contribution in [2.45, 2.75) is 0 Å². The van der Waals surface area contributed by atoms with Crippen LogP contribution in [-0.4, -0.2) is 22.6 Å². The molecule has 0 spiro atoms. The molecule has 0 N–H and O–H groups in total. The van der Waals surface area contributed by atoms with Crippen molar-refractivity contribution in [3.63, 3.8) is 0 Å². The highest BCUT2D eigenvalue weighted by molar-refractivity contribution is 7.02. The minimum absolute atomic E-state index is 0.0973. The molecule has 0 atom stereocenters. The second-order valence-corrected chi connectivity index (χ2v) is 18.3. The fraction of sp³-hybridized carbons (Fsp3) is 0. The van der Waals surface area contributed by atoms with Crippen LogP contribution < -0.4 is 51.9 Å². The summed E-state index contributed by atoms with van der Waals surface area (Å²) in [6.45, 7) is -0.209. The van der Waals surface area contributed by atoms with E-state index in [1.807, 2.05) is 60.7 Å². The Kier molecular flexibility index (Phi) is 7.15. The third-order valence-corrected chi connectivity index (χ3v) is 14.8. The van der Waals surface area contributed by atoms with Gasteiger partial charge < -0.3 is 28.2 Å². The molecule has 0 fully saturated rings. The number of ether oxygens (including phenoxy) is 3. The standard InChI is InChI=1S/C60H35B2N3O3/c1-4-16-36(17-5-1)63-51-35-55-48(62-46-27-15-25-44-42-23-11-13-29-50(42)65(60(44)46)54-32-40(33-56(68-55)58(54)62)67-38-20-8-3-9-21-38)34-47(51)61-45-26-14-24-43-41-22-10-12-28-49(41)64(59(43)45)53-31-39(30-52(63)57(53)61)66-37-18-6-2-7-19-37/h1-35H. The van der Waals surface area contributed by atoms with E-state index in [0.29, 0.717) is 0 Å². The fourth-order valence-corrected chi connectivity index (χ4v) is 12.2. The zero-order valence-electron chi connectivity index (χ0n) is 36.4. The quantitative estimate of drug-likeness (QED) is 0.162. The summed E-state index contributed by atoms with van der Waals surface area (Å²) in [7, 11) is 0. The summed E-state index contributed by atoms with van der Waals surface area (Å²) in [5.74, 6) is 4.67. The van der Waals surface area contributed by atoms with Gasteiger partial charge in [-0.25, -0.2) is 0 Å². The molecule has 6 heterocycles. The molecular formula is C60H35B2N3O3. The molecular weight excluding hydrogens is 832 g/mol. The molecule has 16 rings (SSSR count). The van der Waals surface area contributed by atoms with Gasteiger partial charge in [0.2, 0.25) is 0 Å². The first-order chi connectivity index (χ1) is 33.7. The number of aromatic nitrogens is 2. The molecule has 0 aliphatic carbocycles. The zero-order valence-corrected chi connectivity index (χ0v) is 36.4. The van der Waals surface area contributed by atoms with Crippen molar-refractivity contribution in [3.8, 4) is 45.9 Å². The van der Waals surface area contributed by atoms with Gasteiger partial charge in [0.1, 0.15) is 34.5 Å². The molecule has 12 aromatic rings. The zero-order chi connectivity index (χ0) is 44.2. The Morgan fingerprint density at radius 1 is 0.338 bits per heavy atom. The summed E-state index contributed by atoms with van der Waals surface area (Å²) in [5.41, 5.74) is 17.5. The average molecular weight is 868 g/mol. The lowest BCUT2D eigenvalue weighted by Crippen LogP contribution is -2.63. The van der Waals surface area contributed by atoms with Crippen molar-refractivity contribution in [3.05, 3.63) is 212 Å². The van der Waals surface area contributed by atoms with Crippen molar-refractivity contribution >= 4 is 107 Å². The number of para-hydroxylation sites is 7. The molecule has 0 bridgehead atoms. The molecule has 0 amide bonds. The molecule has 2 aromatic heterocycles. The number of hydrogen-bond donors (Lipinski definition) is 0. The average Bonchev–Trinajstić information content (AvgIpc) is 3.91. The fourth-order valence-electron chi connectivity index (χ4n) is 12.2. The summed E-state index contributed by atoms with van der Waals surface area (Å²) in [5, 5.41) is 4.93. The highest BCUT2D eigenvalue weighted by Gasteiger charge is 2.46. The van der Waals surface area contributed by atoms with Crippen molar-refractivity contribution in [2.75, 3.05) is 4.90 Å². The molecule has 0 unspecified atom stereocenters. The van der Waals surface area contributed by atoms with Crippen LogP contribution in [0.1, 0.15) is 0 Å². The number of anilines is 3. The van der Waals surface area contributed by atoms with Crippen LogP contribution in [0, 0.1) is 0 Å². The van der Waals surface area contributed by atoms with Gasteiger partial charge in [0.05, 0.1) is 11.0 Å². The highest BCUT2D eigenvalue weighted by atomic mass is 16.5. The predicted molar refractivity (Wildman–Crippen MR) is 279 cm³/mol. The van der Waals surface area contributed by atoms with Gasteiger partial charge >= 0.3 is 0 Å². The maximum atomic E-state index is 7.35. The Balaban J connectivity index is 1.01. The van der Waals surface area contributed by atoms with Gasteiger partial charge in [0.25, 0.3) is 13.4 Å². The smallest absolute Gasteiger partial charge is 0.256 e. The van der Waals surface area contributed by atoms with Crippen LogP contribution in [0.15, 0.2) is 212 Å². The molecule has 0 saturated heterocycles. The summed E-state index contributed by atoms with van der Waals surface area (Å²) in [4.78, 5) is 2.43. The van der Waals surface area contributed by atoms with Crippen LogP contribution in [0.5, 0.6) is 34.5 Å². The Morgan fingerprint density at radius 2 is 0.838 bits per heavy atom. The van der Waals surface area contributed by atoms with Crippen molar-refractivity contribution < 1.29 is 14.2 Å². The first-order valence-corrected chi connectivity index (χ1v) is 23.3. The third-order valence-electron chi connectivity index (χ3n) is 14.8. The minimum Gasteiger partial charge on any atom is -0.458 e. The van der Waals surface area contributed by atoms with Crippen LogP contribution in [0.2, 0.25) is 0 Å². The Hall–Kier alpha value is -8.87. The normalized spacial score (nSPS) is 13.3. The number of fused-ring (bicyclic) bond motifs is 14. The number of benzene rings is 10. The van der Waals surface area contributed by atoms with E-state index in [-0.39, 0.29) is 13.4 Å². The Labute approximate surface area is 391 Å². The predicted octanol–water partition coefficient (Wildman–Crippen LogP) is 11.0. The molecule has 314 valence electrons.